The van der Waals surface area contributed by atoms with E-state index in [9.17, 15) is 4.79 Å². The van der Waals surface area contributed by atoms with E-state index in [4.69, 9.17) is 5.73 Å². The summed E-state index contributed by atoms with van der Waals surface area (Å²) in [5.41, 5.74) is 6.80. The molecule has 1 aromatic rings. The number of nitrogens with two attached hydrogens (primary N) is 1. The van der Waals surface area contributed by atoms with Crippen LogP contribution in [0, 0.1) is 0 Å². The maximum atomic E-state index is 12.0. The Morgan fingerprint density at radius 3 is 2.29 bits per heavy atom. The molecule has 1 amide bonds. The maximum absolute atomic E-state index is 12.0. The predicted octanol–water partition coefficient (Wildman–Crippen LogP) is 0.706. The zero-order valence-electron chi connectivity index (χ0n) is 10.8. The summed E-state index contributed by atoms with van der Waals surface area (Å²) in [6.45, 7) is 1.52. The molecule has 0 aliphatic carbocycles. The van der Waals surface area contributed by atoms with Crippen LogP contribution in [0.1, 0.15) is 11.6 Å². The second kappa shape index (κ2) is 6.37. The van der Waals surface area contributed by atoms with Crippen LogP contribution in [0.2, 0.25) is 0 Å². The molecule has 0 heterocycles. The van der Waals surface area contributed by atoms with E-state index >= 15 is 0 Å². The van der Waals surface area contributed by atoms with Gasteiger partial charge in [0.2, 0.25) is 5.91 Å². The summed E-state index contributed by atoms with van der Waals surface area (Å²) < 4.78 is 0. The van der Waals surface area contributed by atoms with E-state index in [-0.39, 0.29) is 5.91 Å². The minimum atomic E-state index is -0.566. The number of hydrogen-bond donors (Lipinski definition) is 1. The number of carbonyl (C=O) groups is 1. The van der Waals surface area contributed by atoms with Gasteiger partial charge in [-0.05, 0) is 19.7 Å². The summed E-state index contributed by atoms with van der Waals surface area (Å²) in [6.07, 6.45) is 0. The number of benzene rings is 1. The SMILES string of the molecule is CN(C)CCN(C)C(=O)[C@@H](N)c1ccccc1. The van der Waals surface area contributed by atoms with Crippen molar-refractivity contribution < 1.29 is 4.79 Å². The van der Waals surface area contributed by atoms with E-state index in [0.717, 1.165) is 12.1 Å². The molecule has 1 atom stereocenters. The van der Waals surface area contributed by atoms with Gasteiger partial charge in [0.05, 0.1) is 0 Å². The van der Waals surface area contributed by atoms with Crippen molar-refractivity contribution in [3.63, 3.8) is 0 Å². The second-order valence-corrected chi connectivity index (χ2v) is 4.45. The highest BCUT2D eigenvalue weighted by Crippen LogP contribution is 2.11. The van der Waals surface area contributed by atoms with Gasteiger partial charge in [-0.3, -0.25) is 4.79 Å². The van der Waals surface area contributed by atoms with Crippen molar-refractivity contribution >= 4 is 5.91 Å². The van der Waals surface area contributed by atoms with E-state index in [1.807, 2.05) is 49.3 Å². The number of hydrogen-bond acceptors (Lipinski definition) is 3. The van der Waals surface area contributed by atoms with Crippen molar-refractivity contribution in [3.05, 3.63) is 35.9 Å². The van der Waals surface area contributed by atoms with Gasteiger partial charge in [-0.1, -0.05) is 30.3 Å². The molecule has 1 rings (SSSR count). The molecule has 0 fully saturated rings. The predicted molar refractivity (Wildman–Crippen MR) is 69.6 cm³/mol. The van der Waals surface area contributed by atoms with Crippen LogP contribution >= 0.6 is 0 Å². The first-order chi connectivity index (χ1) is 8.02. The molecular weight excluding hydrogens is 214 g/mol. The highest BCUT2D eigenvalue weighted by Gasteiger charge is 2.19. The molecule has 0 radical (unpaired) electrons. The molecule has 0 aliphatic rings. The third-order valence-corrected chi connectivity index (χ3v) is 2.68. The molecule has 0 aromatic heterocycles. The lowest BCUT2D eigenvalue weighted by Gasteiger charge is -2.23. The van der Waals surface area contributed by atoms with Crippen LogP contribution in [0.5, 0.6) is 0 Å². The topological polar surface area (TPSA) is 49.6 Å². The molecule has 0 aliphatic heterocycles. The summed E-state index contributed by atoms with van der Waals surface area (Å²) in [7, 11) is 5.75. The van der Waals surface area contributed by atoms with Crippen LogP contribution in [-0.2, 0) is 4.79 Å². The zero-order valence-corrected chi connectivity index (χ0v) is 10.8. The van der Waals surface area contributed by atoms with Crippen molar-refractivity contribution in [1.29, 1.82) is 0 Å². The van der Waals surface area contributed by atoms with Gasteiger partial charge in [0, 0.05) is 20.1 Å². The molecule has 17 heavy (non-hydrogen) atoms. The number of likely N-dealkylation sites (N-methyl/N-ethyl adjacent to an activating group) is 2. The standard InChI is InChI=1S/C13H21N3O/c1-15(2)9-10-16(3)13(17)12(14)11-7-5-4-6-8-11/h4-8,12H,9-10,14H2,1-3H3/t12-/m0/s1. The van der Waals surface area contributed by atoms with E-state index in [2.05, 4.69) is 0 Å². The molecular formula is C13H21N3O. The van der Waals surface area contributed by atoms with Crippen LogP contribution in [0.25, 0.3) is 0 Å². The monoisotopic (exact) mass is 235 g/mol. The van der Waals surface area contributed by atoms with E-state index < -0.39 is 6.04 Å². The largest absolute Gasteiger partial charge is 0.343 e. The van der Waals surface area contributed by atoms with Crippen molar-refractivity contribution in [2.24, 2.45) is 5.73 Å². The Hall–Kier alpha value is -1.39. The Bertz CT molecular complexity index is 351. The Balaban J connectivity index is 2.57. The van der Waals surface area contributed by atoms with Gasteiger partial charge < -0.3 is 15.5 Å². The molecule has 0 unspecified atom stereocenters. The first-order valence-corrected chi connectivity index (χ1v) is 5.72. The third kappa shape index (κ3) is 4.17. The summed E-state index contributed by atoms with van der Waals surface area (Å²) in [6, 6.07) is 8.88. The Morgan fingerprint density at radius 2 is 1.76 bits per heavy atom. The fourth-order valence-corrected chi connectivity index (χ4v) is 1.50. The van der Waals surface area contributed by atoms with Gasteiger partial charge in [0.15, 0.2) is 0 Å². The lowest BCUT2D eigenvalue weighted by molar-refractivity contribution is -0.131. The normalized spacial score (nSPS) is 12.5. The van der Waals surface area contributed by atoms with Crippen LogP contribution in [0.4, 0.5) is 0 Å². The maximum Gasteiger partial charge on any atom is 0.243 e. The average Bonchev–Trinajstić information content (AvgIpc) is 2.35. The summed E-state index contributed by atoms with van der Waals surface area (Å²) in [5.74, 6) is -0.0435. The zero-order chi connectivity index (χ0) is 12.8. The van der Waals surface area contributed by atoms with Crippen LogP contribution in [0.3, 0.4) is 0 Å². The second-order valence-electron chi connectivity index (χ2n) is 4.45. The van der Waals surface area contributed by atoms with Gasteiger partial charge in [0.25, 0.3) is 0 Å². The van der Waals surface area contributed by atoms with Gasteiger partial charge in [-0.15, -0.1) is 0 Å². The van der Waals surface area contributed by atoms with Crippen molar-refractivity contribution in [1.82, 2.24) is 9.80 Å². The number of carbonyl (C=O) groups excluding carboxylic acids is 1. The number of nitrogens with zero attached hydrogens (tertiary/aromatic N) is 2. The molecule has 0 saturated carbocycles. The van der Waals surface area contributed by atoms with Gasteiger partial charge in [-0.25, -0.2) is 0 Å². The first-order valence-electron chi connectivity index (χ1n) is 5.72. The fraction of sp³-hybridized carbons (Fsp3) is 0.462. The van der Waals surface area contributed by atoms with Crippen molar-refractivity contribution in [2.75, 3.05) is 34.2 Å². The molecule has 4 heteroatoms. The van der Waals surface area contributed by atoms with Crippen LogP contribution in [-0.4, -0.2) is 49.9 Å². The highest BCUT2D eigenvalue weighted by atomic mass is 16.2. The van der Waals surface area contributed by atoms with E-state index in [1.54, 1.807) is 11.9 Å². The van der Waals surface area contributed by atoms with E-state index in [0.29, 0.717) is 6.54 Å². The van der Waals surface area contributed by atoms with Gasteiger partial charge >= 0.3 is 0 Å². The highest BCUT2D eigenvalue weighted by molar-refractivity contribution is 5.82. The van der Waals surface area contributed by atoms with Crippen LogP contribution in [0.15, 0.2) is 30.3 Å². The minimum Gasteiger partial charge on any atom is -0.343 e. The molecule has 94 valence electrons. The van der Waals surface area contributed by atoms with E-state index in [1.165, 1.54) is 0 Å². The third-order valence-electron chi connectivity index (χ3n) is 2.68. The lowest BCUT2D eigenvalue weighted by Crippen LogP contribution is -2.39. The smallest absolute Gasteiger partial charge is 0.243 e. The summed E-state index contributed by atoms with van der Waals surface area (Å²) >= 11 is 0. The first kappa shape index (κ1) is 13.7. The summed E-state index contributed by atoms with van der Waals surface area (Å²) in [5, 5.41) is 0. The molecule has 0 spiro atoms. The quantitative estimate of drug-likeness (QED) is 0.817. The average molecular weight is 235 g/mol. The Labute approximate surface area is 103 Å². The fourth-order valence-electron chi connectivity index (χ4n) is 1.50. The van der Waals surface area contributed by atoms with Gasteiger partial charge in [0.1, 0.15) is 6.04 Å². The Kier molecular flexibility index (Phi) is 5.12. The molecule has 4 nitrogen and oxygen atoms in total. The lowest BCUT2D eigenvalue weighted by atomic mass is 10.1. The van der Waals surface area contributed by atoms with Crippen molar-refractivity contribution in [3.8, 4) is 0 Å². The molecule has 1 aromatic carbocycles. The molecule has 0 saturated heterocycles. The molecule has 0 bridgehead atoms. The number of rotatable bonds is 5. The Morgan fingerprint density at radius 1 is 1.18 bits per heavy atom. The van der Waals surface area contributed by atoms with Gasteiger partial charge in [-0.2, -0.15) is 0 Å². The van der Waals surface area contributed by atoms with Crippen molar-refractivity contribution in [2.45, 2.75) is 6.04 Å². The van der Waals surface area contributed by atoms with Crippen LogP contribution < -0.4 is 5.73 Å². The molecule has 2 N–H and O–H groups in total. The number of amides is 1. The minimum absolute atomic E-state index is 0.0435. The summed E-state index contributed by atoms with van der Waals surface area (Å²) in [4.78, 5) is 15.8.